The second kappa shape index (κ2) is 13.3. The van der Waals surface area contributed by atoms with E-state index in [2.05, 4.69) is 20.9 Å². The van der Waals surface area contributed by atoms with Gasteiger partial charge >= 0.3 is 5.97 Å². The monoisotopic (exact) mass is 415 g/mol. The number of carbonyl (C=O) groups excluding carboxylic acids is 3. The summed E-state index contributed by atoms with van der Waals surface area (Å²) >= 11 is 0. The molecule has 29 heavy (non-hydrogen) atoms. The number of carboxylic acids is 1. The van der Waals surface area contributed by atoms with E-state index < -0.39 is 48.4 Å². The normalized spacial score (nSPS) is 14.6. The molecule has 0 aromatic heterocycles. The molecule has 0 aliphatic rings. The van der Waals surface area contributed by atoms with E-state index in [1.54, 1.807) is 6.92 Å². The zero-order chi connectivity index (χ0) is 22.6. The molecule has 166 valence electrons. The predicted molar refractivity (Wildman–Crippen MR) is 108 cm³/mol. The Balaban J connectivity index is 4.72. The Kier molecular flexibility index (Phi) is 12.0. The molecule has 12 heteroatoms. The van der Waals surface area contributed by atoms with Crippen LogP contribution in [0.5, 0.6) is 0 Å². The number of aliphatic imine (C=N–C) groups is 1. The first-order valence-corrected chi connectivity index (χ1v) is 9.40. The first kappa shape index (κ1) is 26.1. The topological polar surface area (TPSA) is 215 Å². The molecule has 4 atom stereocenters. The van der Waals surface area contributed by atoms with Crippen molar-refractivity contribution in [2.45, 2.75) is 58.2 Å². The minimum Gasteiger partial charge on any atom is -0.480 e. The van der Waals surface area contributed by atoms with E-state index in [-0.39, 0.29) is 11.9 Å². The average molecular weight is 415 g/mol. The maximum Gasteiger partial charge on any atom is 0.325 e. The fourth-order valence-electron chi connectivity index (χ4n) is 2.24. The van der Waals surface area contributed by atoms with Crippen LogP contribution in [-0.2, 0) is 19.2 Å². The molecule has 0 saturated heterocycles. The molecule has 0 aliphatic heterocycles. The van der Waals surface area contributed by atoms with Crippen LogP contribution in [0.3, 0.4) is 0 Å². The van der Waals surface area contributed by atoms with Gasteiger partial charge in [-0.05, 0) is 25.7 Å². The molecule has 0 aromatic rings. The zero-order valence-corrected chi connectivity index (χ0v) is 17.1. The van der Waals surface area contributed by atoms with E-state index in [9.17, 15) is 19.2 Å². The summed E-state index contributed by atoms with van der Waals surface area (Å²) < 4.78 is 0. The SMILES string of the molecule is CCC(C)C(NC(=O)C(N)CCCN=C(N)N)C(=O)NCC(=O)NC(C)C(=O)O. The third kappa shape index (κ3) is 10.9. The van der Waals surface area contributed by atoms with E-state index in [1.807, 2.05) is 6.92 Å². The number of hydrogen-bond donors (Lipinski definition) is 7. The molecule has 0 radical (unpaired) electrons. The van der Waals surface area contributed by atoms with Gasteiger partial charge in [-0.1, -0.05) is 20.3 Å². The van der Waals surface area contributed by atoms with Gasteiger partial charge in [-0.25, -0.2) is 0 Å². The summed E-state index contributed by atoms with van der Waals surface area (Å²) in [5.41, 5.74) is 16.3. The van der Waals surface area contributed by atoms with Crippen LogP contribution in [-0.4, -0.2) is 66.0 Å². The second-order valence-corrected chi connectivity index (χ2v) is 6.77. The standard InChI is InChI=1S/C17H33N7O5/c1-4-9(2)13(15(27)22-8-12(25)23-10(3)16(28)29)24-14(26)11(18)6-5-7-21-17(19)20/h9-11,13H,4-8,18H2,1-3H3,(H,22,27)(H,23,25)(H,24,26)(H,28,29)(H4,19,20,21). The molecular formula is C17H33N7O5. The quantitative estimate of drug-likeness (QED) is 0.0975. The lowest BCUT2D eigenvalue weighted by atomic mass is 9.97. The highest BCUT2D eigenvalue weighted by Crippen LogP contribution is 2.09. The Morgan fingerprint density at radius 1 is 1.07 bits per heavy atom. The van der Waals surface area contributed by atoms with Crippen molar-refractivity contribution in [1.82, 2.24) is 16.0 Å². The van der Waals surface area contributed by atoms with Gasteiger partial charge in [0.05, 0.1) is 12.6 Å². The van der Waals surface area contributed by atoms with Gasteiger partial charge in [0, 0.05) is 6.54 Å². The Bertz CT molecular complexity index is 607. The van der Waals surface area contributed by atoms with Gasteiger partial charge in [0.15, 0.2) is 5.96 Å². The van der Waals surface area contributed by atoms with Crippen LogP contribution in [0.25, 0.3) is 0 Å². The number of nitrogens with one attached hydrogen (secondary N) is 3. The van der Waals surface area contributed by atoms with Gasteiger partial charge in [0.2, 0.25) is 17.7 Å². The van der Waals surface area contributed by atoms with E-state index in [0.717, 1.165) is 0 Å². The Hall–Kier alpha value is -2.89. The van der Waals surface area contributed by atoms with Crippen LogP contribution < -0.4 is 33.2 Å². The van der Waals surface area contributed by atoms with Gasteiger partial charge in [-0.3, -0.25) is 24.2 Å². The third-order valence-electron chi connectivity index (χ3n) is 4.27. The van der Waals surface area contributed by atoms with Crippen LogP contribution in [0.2, 0.25) is 0 Å². The lowest BCUT2D eigenvalue weighted by Crippen LogP contribution is -2.55. The summed E-state index contributed by atoms with van der Waals surface area (Å²) in [6, 6.07) is -2.81. The molecule has 4 unspecified atom stereocenters. The van der Waals surface area contributed by atoms with Gasteiger partial charge in [0.1, 0.15) is 12.1 Å². The molecule has 10 N–H and O–H groups in total. The second-order valence-electron chi connectivity index (χ2n) is 6.77. The molecule has 0 aromatic carbocycles. The fraction of sp³-hybridized carbons (Fsp3) is 0.706. The summed E-state index contributed by atoms with van der Waals surface area (Å²) in [5.74, 6) is -3.16. The zero-order valence-electron chi connectivity index (χ0n) is 17.1. The number of amides is 3. The number of hydrogen-bond acceptors (Lipinski definition) is 6. The number of carbonyl (C=O) groups is 4. The number of carboxylic acid groups (broad SMARTS) is 1. The molecule has 0 heterocycles. The summed E-state index contributed by atoms with van der Waals surface area (Å²) in [7, 11) is 0. The predicted octanol–water partition coefficient (Wildman–Crippen LogP) is -2.40. The highest BCUT2D eigenvalue weighted by Gasteiger charge is 2.28. The van der Waals surface area contributed by atoms with E-state index >= 15 is 0 Å². The smallest absolute Gasteiger partial charge is 0.325 e. The molecule has 0 fully saturated rings. The van der Waals surface area contributed by atoms with Crippen LogP contribution >= 0.6 is 0 Å². The van der Waals surface area contributed by atoms with Gasteiger partial charge in [-0.15, -0.1) is 0 Å². The van der Waals surface area contributed by atoms with Crippen molar-refractivity contribution in [2.75, 3.05) is 13.1 Å². The van der Waals surface area contributed by atoms with E-state index in [1.165, 1.54) is 6.92 Å². The summed E-state index contributed by atoms with van der Waals surface area (Å²) in [6.07, 6.45) is 1.42. The molecule has 12 nitrogen and oxygen atoms in total. The first-order valence-electron chi connectivity index (χ1n) is 9.40. The first-order chi connectivity index (χ1) is 13.5. The molecular weight excluding hydrogens is 382 g/mol. The minimum atomic E-state index is -1.19. The number of aliphatic carboxylic acids is 1. The van der Waals surface area contributed by atoms with Crippen LogP contribution in [0, 0.1) is 5.92 Å². The maximum absolute atomic E-state index is 12.5. The Labute approximate surface area is 170 Å². The van der Waals surface area contributed by atoms with E-state index in [0.29, 0.717) is 25.8 Å². The number of guanidine groups is 1. The third-order valence-corrected chi connectivity index (χ3v) is 4.27. The number of rotatable bonds is 13. The van der Waals surface area contributed by atoms with Crippen molar-refractivity contribution in [3.05, 3.63) is 0 Å². The maximum atomic E-state index is 12.5. The molecule has 0 aliphatic carbocycles. The van der Waals surface area contributed by atoms with Gasteiger partial charge in [0.25, 0.3) is 0 Å². The highest BCUT2D eigenvalue weighted by atomic mass is 16.4. The number of nitrogens with zero attached hydrogens (tertiary/aromatic N) is 1. The van der Waals surface area contributed by atoms with Crippen molar-refractivity contribution in [3.63, 3.8) is 0 Å². The van der Waals surface area contributed by atoms with Crippen molar-refractivity contribution >= 4 is 29.7 Å². The molecule has 0 spiro atoms. The lowest BCUT2D eigenvalue weighted by molar-refractivity contribution is -0.141. The average Bonchev–Trinajstić information content (AvgIpc) is 2.66. The Morgan fingerprint density at radius 2 is 1.69 bits per heavy atom. The lowest BCUT2D eigenvalue weighted by Gasteiger charge is -2.25. The summed E-state index contributed by atoms with van der Waals surface area (Å²) in [5, 5.41) is 16.0. The van der Waals surface area contributed by atoms with Crippen molar-refractivity contribution < 1.29 is 24.3 Å². The van der Waals surface area contributed by atoms with Crippen molar-refractivity contribution in [3.8, 4) is 0 Å². The summed E-state index contributed by atoms with van der Waals surface area (Å²) in [4.78, 5) is 51.0. The number of nitrogens with two attached hydrogens (primary N) is 3. The minimum absolute atomic E-state index is 0.0432. The van der Waals surface area contributed by atoms with Crippen LogP contribution in [0.1, 0.15) is 40.0 Å². The molecule has 0 bridgehead atoms. The molecule has 0 rings (SSSR count). The van der Waals surface area contributed by atoms with Crippen LogP contribution in [0.4, 0.5) is 0 Å². The summed E-state index contributed by atoms with van der Waals surface area (Å²) in [6.45, 7) is 4.86. The highest BCUT2D eigenvalue weighted by molar-refractivity contribution is 5.92. The van der Waals surface area contributed by atoms with E-state index in [4.69, 9.17) is 22.3 Å². The fourth-order valence-corrected chi connectivity index (χ4v) is 2.24. The molecule has 3 amide bonds. The van der Waals surface area contributed by atoms with Crippen molar-refractivity contribution in [1.29, 1.82) is 0 Å². The largest absolute Gasteiger partial charge is 0.480 e. The van der Waals surface area contributed by atoms with Gasteiger partial charge < -0.3 is 38.3 Å². The molecule has 0 saturated carbocycles. The van der Waals surface area contributed by atoms with Crippen molar-refractivity contribution in [2.24, 2.45) is 28.1 Å². The Morgan fingerprint density at radius 3 is 2.21 bits per heavy atom. The van der Waals surface area contributed by atoms with Gasteiger partial charge in [-0.2, -0.15) is 0 Å². The van der Waals surface area contributed by atoms with Crippen LogP contribution in [0.15, 0.2) is 4.99 Å².